The Morgan fingerprint density at radius 3 is 2.85 bits per heavy atom. The van der Waals surface area contributed by atoms with Crippen LogP contribution in [0.1, 0.15) is 31.7 Å². The highest BCUT2D eigenvalue weighted by Gasteiger charge is 2.41. The van der Waals surface area contributed by atoms with Crippen LogP contribution in [0.4, 0.5) is 5.95 Å². The minimum Gasteiger partial charge on any atom is -0.390 e. The lowest BCUT2D eigenvalue weighted by Gasteiger charge is -2.22. The number of halogens is 1. The third-order valence-corrected chi connectivity index (χ3v) is 4.85. The normalized spacial score (nSPS) is 28.4. The fourth-order valence-corrected chi connectivity index (χ4v) is 3.96. The summed E-state index contributed by atoms with van der Waals surface area (Å²) in [6.07, 6.45) is 6.55. The van der Waals surface area contributed by atoms with Crippen LogP contribution in [0.5, 0.6) is 0 Å². The van der Waals surface area contributed by atoms with Gasteiger partial charge in [-0.05, 0) is 52.6 Å². The van der Waals surface area contributed by atoms with Crippen LogP contribution in [-0.4, -0.2) is 24.4 Å². The maximum Gasteiger partial charge on any atom is 0.472 e. The van der Waals surface area contributed by atoms with Crippen LogP contribution in [0.2, 0.25) is 5.15 Å². The Kier molecular flexibility index (Phi) is 2.47. The zero-order valence-electron chi connectivity index (χ0n) is 10.6. The average molecular weight is 294 g/mol. The van der Waals surface area contributed by atoms with E-state index < -0.39 is 10.9 Å². The number of hydrogen-bond donors (Lipinski definition) is 0. The molecule has 2 fully saturated rings. The molecule has 2 aliphatic rings. The Labute approximate surface area is 119 Å². The first-order chi connectivity index (χ1) is 9.63. The first kappa shape index (κ1) is 12.0. The molecule has 2 bridgehead atoms. The van der Waals surface area contributed by atoms with E-state index in [0.717, 1.165) is 12.3 Å². The summed E-state index contributed by atoms with van der Waals surface area (Å²) in [7, 11) is 0. The fourth-order valence-electron chi connectivity index (χ4n) is 3.75. The zero-order valence-corrected chi connectivity index (χ0v) is 11.3. The monoisotopic (exact) mass is 293 g/mol. The Bertz CT molecular complexity index is 715. The van der Waals surface area contributed by atoms with Crippen LogP contribution in [-0.2, 0) is 0 Å². The highest BCUT2D eigenvalue weighted by atomic mass is 35.5. The quantitative estimate of drug-likeness (QED) is 0.483. The predicted molar refractivity (Wildman–Crippen MR) is 71.5 cm³/mol. The summed E-state index contributed by atoms with van der Waals surface area (Å²) in [6.45, 7) is 0. The van der Waals surface area contributed by atoms with E-state index in [9.17, 15) is 10.1 Å². The minimum absolute atomic E-state index is 0.0450. The molecule has 0 N–H and O–H groups in total. The molecule has 4 rings (SSSR count). The Morgan fingerprint density at radius 2 is 2.20 bits per heavy atom. The van der Waals surface area contributed by atoms with E-state index >= 15 is 0 Å². The highest BCUT2D eigenvalue weighted by Crippen LogP contribution is 2.51. The van der Waals surface area contributed by atoms with Crippen molar-refractivity contribution in [2.75, 3.05) is 0 Å². The second kappa shape index (κ2) is 4.12. The maximum absolute atomic E-state index is 10.9. The summed E-state index contributed by atoms with van der Waals surface area (Å²) >= 11 is 5.97. The van der Waals surface area contributed by atoms with Crippen molar-refractivity contribution >= 4 is 28.7 Å². The molecule has 0 saturated heterocycles. The molecule has 20 heavy (non-hydrogen) atoms. The summed E-state index contributed by atoms with van der Waals surface area (Å²) in [5.41, 5.74) is 0.925. The van der Waals surface area contributed by atoms with Gasteiger partial charge in [0.05, 0.1) is 6.33 Å². The summed E-state index contributed by atoms with van der Waals surface area (Å²) in [4.78, 5) is 22.2. The van der Waals surface area contributed by atoms with Crippen molar-refractivity contribution < 1.29 is 4.92 Å². The van der Waals surface area contributed by atoms with E-state index in [4.69, 9.17) is 11.6 Å². The van der Waals surface area contributed by atoms with Crippen LogP contribution >= 0.6 is 11.6 Å². The number of imidazole rings is 1. The molecule has 0 aromatic carbocycles. The molecule has 0 amide bonds. The van der Waals surface area contributed by atoms with Crippen LogP contribution in [0.15, 0.2) is 6.33 Å². The number of nitrogens with zero attached hydrogens (tertiary/aromatic N) is 5. The van der Waals surface area contributed by atoms with Gasteiger partial charge in [-0.15, -0.1) is 0 Å². The van der Waals surface area contributed by atoms with Gasteiger partial charge in [0.2, 0.25) is 10.8 Å². The maximum atomic E-state index is 10.9. The van der Waals surface area contributed by atoms with Gasteiger partial charge in [-0.3, -0.25) is 4.57 Å². The van der Waals surface area contributed by atoms with Crippen LogP contribution < -0.4 is 0 Å². The predicted octanol–water partition coefficient (Wildman–Crippen LogP) is 2.75. The fraction of sp³-hybridized carbons (Fsp3) is 0.583. The second-order valence-electron chi connectivity index (χ2n) is 5.64. The summed E-state index contributed by atoms with van der Waals surface area (Å²) in [6, 6.07) is 0.337. The Morgan fingerprint density at radius 1 is 1.35 bits per heavy atom. The van der Waals surface area contributed by atoms with E-state index in [1.165, 1.54) is 19.3 Å². The molecule has 0 spiro atoms. The molecule has 3 unspecified atom stereocenters. The summed E-state index contributed by atoms with van der Waals surface area (Å²) < 4.78 is 1.96. The molecule has 2 saturated carbocycles. The van der Waals surface area contributed by atoms with Crippen LogP contribution in [0.3, 0.4) is 0 Å². The van der Waals surface area contributed by atoms with Crippen molar-refractivity contribution in [3.05, 3.63) is 21.6 Å². The molecule has 0 radical (unpaired) electrons. The van der Waals surface area contributed by atoms with Crippen LogP contribution in [0.25, 0.3) is 11.2 Å². The van der Waals surface area contributed by atoms with Gasteiger partial charge < -0.3 is 10.1 Å². The molecule has 0 aliphatic heterocycles. The SMILES string of the molecule is O=[N+]([O-])c1nc(Cl)c2ncn(C3CC4CCC3C4)c2n1. The Balaban J connectivity index is 1.86. The number of hydrogen-bond acceptors (Lipinski definition) is 5. The van der Waals surface area contributed by atoms with Crippen LogP contribution in [0, 0.1) is 22.0 Å². The van der Waals surface area contributed by atoms with Crippen molar-refractivity contribution in [3.63, 3.8) is 0 Å². The van der Waals surface area contributed by atoms with Gasteiger partial charge in [-0.2, -0.15) is 0 Å². The molecule has 8 heteroatoms. The van der Waals surface area contributed by atoms with Crippen molar-refractivity contribution in [1.82, 2.24) is 19.5 Å². The number of nitro groups is 1. The van der Waals surface area contributed by atoms with E-state index in [1.807, 2.05) is 4.57 Å². The van der Waals surface area contributed by atoms with Crippen molar-refractivity contribution in [2.45, 2.75) is 31.7 Å². The molecule has 3 atom stereocenters. The van der Waals surface area contributed by atoms with E-state index in [1.54, 1.807) is 6.33 Å². The largest absolute Gasteiger partial charge is 0.472 e. The molecular formula is C12H12ClN5O2. The number of aromatic nitrogens is 4. The average Bonchev–Trinajstić information content (AvgIpc) is 3.12. The topological polar surface area (TPSA) is 86.7 Å². The molecule has 2 heterocycles. The smallest absolute Gasteiger partial charge is 0.390 e. The highest BCUT2D eigenvalue weighted by molar-refractivity contribution is 6.33. The lowest BCUT2D eigenvalue weighted by Crippen LogP contribution is -2.16. The van der Waals surface area contributed by atoms with Gasteiger partial charge in [0, 0.05) is 6.04 Å². The van der Waals surface area contributed by atoms with Gasteiger partial charge in [0.15, 0.2) is 5.52 Å². The van der Waals surface area contributed by atoms with Gasteiger partial charge in [-0.1, -0.05) is 11.4 Å². The lowest BCUT2D eigenvalue weighted by molar-refractivity contribution is -0.394. The van der Waals surface area contributed by atoms with Crippen molar-refractivity contribution in [3.8, 4) is 0 Å². The number of rotatable bonds is 2. The summed E-state index contributed by atoms with van der Waals surface area (Å²) in [5, 5.41) is 10.9. The molecule has 2 aliphatic carbocycles. The summed E-state index contributed by atoms with van der Waals surface area (Å²) in [5.74, 6) is 0.937. The van der Waals surface area contributed by atoms with E-state index in [2.05, 4.69) is 15.0 Å². The molecular weight excluding hydrogens is 282 g/mol. The van der Waals surface area contributed by atoms with Gasteiger partial charge in [0.1, 0.15) is 0 Å². The molecule has 7 nitrogen and oxygen atoms in total. The standard InChI is InChI=1S/C12H12ClN5O2/c13-10-9-11(16-12(15-10)18(19)20)17(5-14-9)8-4-6-1-2-7(8)3-6/h5-8H,1-4H2. The molecule has 104 valence electrons. The van der Waals surface area contributed by atoms with Gasteiger partial charge in [0.25, 0.3) is 0 Å². The second-order valence-corrected chi connectivity index (χ2v) is 6.00. The van der Waals surface area contributed by atoms with Gasteiger partial charge >= 0.3 is 5.95 Å². The first-order valence-electron chi connectivity index (χ1n) is 6.68. The van der Waals surface area contributed by atoms with Gasteiger partial charge in [-0.25, -0.2) is 4.98 Å². The molecule has 2 aromatic rings. The zero-order chi connectivity index (χ0) is 13.9. The minimum atomic E-state index is -0.622. The Hall–Kier alpha value is -1.76. The van der Waals surface area contributed by atoms with E-state index in [0.29, 0.717) is 23.1 Å². The third-order valence-electron chi connectivity index (χ3n) is 4.59. The first-order valence-corrected chi connectivity index (χ1v) is 7.05. The van der Waals surface area contributed by atoms with Crippen molar-refractivity contribution in [1.29, 1.82) is 0 Å². The lowest BCUT2D eigenvalue weighted by atomic mass is 9.95. The third kappa shape index (κ3) is 1.62. The number of fused-ring (bicyclic) bond motifs is 3. The molecule has 2 aromatic heterocycles. The van der Waals surface area contributed by atoms with Crippen molar-refractivity contribution in [2.24, 2.45) is 11.8 Å². The van der Waals surface area contributed by atoms with E-state index in [-0.39, 0.29) is 5.15 Å².